The second kappa shape index (κ2) is 7.11. The van der Waals surface area contributed by atoms with E-state index < -0.39 is 0 Å². The topological polar surface area (TPSA) is 55.6 Å². The molecule has 0 N–H and O–H groups in total. The van der Waals surface area contributed by atoms with Crippen LogP contribution in [0.4, 0.5) is 0 Å². The normalized spacial score (nSPS) is 11.0. The Morgan fingerprint density at radius 1 is 1.07 bits per heavy atom. The Kier molecular flexibility index (Phi) is 4.50. The summed E-state index contributed by atoms with van der Waals surface area (Å²) in [4.78, 5) is 19.2. The third-order valence-electron chi connectivity index (χ3n) is 4.60. The van der Waals surface area contributed by atoms with E-state index in [1.165, 1.54) is 0 Å². The zero-order valence-corrected chi connectivity index (χ0v) is 15.3. The Labute approximate surface area is 157 Å². The fraction of sp³-hybridized carbons (Fsp3) is 0.182. The first-order chi connectivity index (χ1) is 13.2. The summed E-state index contributed by atoms with van der Waals surface area (Å²) in [6, 6.07) is 19.3. The summed E-state index contributed by atoms with van der Waals surface area (Å²) in [6.07, 6.45) is 0. The number of methoxy groups -OCH3 is 1. The predicted octanol–water partition coefficient (Wildman–Crippen LogP) is 4.65. The van der Waals surface area contributed by atoms with Crippen molar-refractivity contribution in [2.75, 3.05) is 13.7 Å². The van der Waals surface area contributed by atoms with Crippen LogP contribution in [0.25, 0.3) is 22.0 Å². The van der Waals surface area contributed by atoms with Crippen molar-refractivity contribution in [1.82, 2.24) is 9.88 Å². The summed E-state index contributed by atoms with van der Waals surface area (Å²) in [7, 11) is 1.63. The van der Waals surface area contributed by atoms with Crippen LogP contribution in [0.15, 0.2) is 65.1 Å². The smallest absolute Gasteiger partial charge is 0.289 e. The van der Waals surface area contributed by atoms with Gasteiger partial charge in [0.25, 0.3) is 5.91 Å². The molecule has 2 aromatic carbocycles. The molecule has 0 spiro atoms. The van der Waals surface area contributed by atoms with E-state index in [0.29, 0.717) is 24.6 Å². The molecule has 2 aromatic heterocycles. The molecule has 0 fully saturated rings. The lowest BCUT2D eigenvalue weighted by Crippen LogP contribution is -2.29. The first-order valence-electron chi connectivity index (χ1n) is 8.89. The third-order valence-corrected chi connectivity index (χ3v) is 4.60. The highest BCUT2D eigenvalue weighted by molar-refractivity contribution is 5.98. The van der Waals surface area contributed by atoms with E-state index in [2.05, 4.69) is 4.98 Å². The molecule has 0 saturated carbocycles. The van der Waals surface area contributed by atoms with Crippen molar-refractivity contribution in [1.29, 1.82) is 0 Å². The second-order valence-corrected chi connectivity index (χ2v) is 6.36. The van der Waals surface area contributed by atoms with Gasteiger partial charge in [-0.1, -0.05) is 30.3 Å². The Balaban J connectivity index is 1.67. The minimum absolute atomic E-state index is 0.138. The van der Waals surface area contributed by atoms with Crippen LogP contribution >= 0.6 is 0 Å². The van der Waals surface area contributed by atoms with Crippen LogP contribution in [0.1, 0.15) is 23.0 Å². The van der Waals surface area contributed by atoms with E-state index >= 15 is 0 Å². The van der Waals surface area contributed by atoms with Crippen LogP contribution in [0.2, 0.25) is 0 Å². The number of benzene rings is 2. The van der Waals surface area contributed by atoms with Crippen molar-refractivity contribution in [2.45, 2.75) is 13.5 Å². The monoisotopic (exact) mass is 360 g/mol. The molecule has 27 heavy (non-hydrogen) atoms. The minimum Gasteiger partial charge on any atom is -0.497 e. The zero-order valence-electron chi connectivity index (χ0n) is 15.3. The summed E-state index contributed by atoms with van der Waals surface area (Å²) in [5, 5.41) is 1.74. The molecule has 0 radical (unpaired) electrons. The van der Waals surface area contributed by atoms with E-state index in [0.717, 1.165) is 27.6 Å². The first kappa shape index (κ1) is 17.1. The van der Waals surface area contributed by atoms with Crippen LogP contribution in [-0.4, -0.2) is 29.4 Å². The van der Waals surface area contributed by atoms with Gasteiger partial charge in [-0.3, -0.25) is 4.79 Å². The van der Waals surface area contributed by atoms with Crippen molar-refractivity contribution in [3.63, 3.8) is 0 Å². The van der Waals surface area contributed by atoms with Gasteiger partial charge in [-0.05, 0) is 42.8 Å². The summed E-state index contributed by atoms with van der Waals surface area (Å²) in [5.74, 6) is 0.932. The van der Waals surface area contributed by atoms with Gasteiger partial charge >= 0.3 is 0 Å². The Bertz CT molecular complexity index is 1100. The second-order valence-electron chi connectivity index (χ2n) is 6.36. The minimum atomic E-state index is -0.138. The maximum absolute atomic E-state index is 12.9. The molecule has 4 aromatic rings. The van der Waals surface area contributed by atoms with E-state index in [4.69, 9.17) is 9.15 Å². The molecule has 0 aliphatic carbocycles. The van der Waals surface area contributed by atoms with Crippen LogP contribution in [0.3, 0.4) is 0 Å². The van der Waals surface area contributed by atoms with Crippen LogP contribution < -0.4 is 4.74 Å². The Morgan fingerprint density at radius 2 is 1.89 bits per heavy atom. The Hall–Kier alpha value is -3.34. The molecule has 2 heterocycles. The number of hydrogen-bond donors (Lipinski definition) is 0. The molecule has 0 atom stereocenters. The molecule has 0 bridgehead atoms. The van der Waals surface area contributed by atoms with Crippen LogP contribution in [0.5, 0.6) is 5.75 Å². The molecular weight excluding hydrogens is 340 g/mol. The molecule has 136 valence electrons. The Morgan fingerprint density at radius 3 is 2.63 bits per heavy atom. The maximum atomic E-state index is 12.9. The van der Waals surface area contributed by atoms with Gasteiger partial charge in [-0.25, -0.2) is 4.98 Å². The lowest BCUT2D eigenvalue weighted by Gasteiger charge is -2.19. The number of amides is 1. The van der Waals surface area contributed by atoms with Gasteiger partial charge in [0, 0.05) is 23.9 Å². The summed E-state index contributed by atoms with van der Waals surface area (Å²) in [6.45, 7) is 3.10. The fourth-order valence-electron chi connectivity index (χ4n) is 3.13. The predicted molar refractivity (Wildman–Crippen MR) is 105 cm³/mol. The molecule has 5 heteroatoms. The van der Waals surface area contributed by atoms with Gasteiger partial charge < -0.3 is 14.1 Å². The average Bonchev–Trinajstić information content (AvgIpc) is 3.12. The number of carbonyl (C=O) groups is 1. The average molecular weight is 360 g/mol. The number of furan rings is 1. The van der Waals surface area contributed by atoms with Crippen molar-refractivity contribution in [3.05, 3.63) is 72.0 Å². The largest absolute Gasteiger partial charge is 0.497 e. The molecule has 0 saturated heterocycles. The molecule has 0 aliphatic rings. The molecular formula is C22H20N2O3. The van der Waals surface area contributed by atoms with Gasteiger partial charge in [-0.2, -0.15) is 0 Å². The summed E-state index contributed by atoms with van der Waals surface area (Å²) >= 11 is 0. The van der Waals surface area contributed by atoms with Gasteiger partial charge in [0.2, 0.25) is 5.71 Å². The third kappa shape index (κ3) is 3.36. The van der Waals surface area contributed by atoms with E-state index in [9.17, 15) is 4.79 Å². The number of fused-ring (bicyclic) bond motifs is 2. The SMILES string of the molecule is CCN(Cc1ccccc1)C(=O)c1cc2cc3cc(OC)ccc3nc2o1. The van der Waals surface area contributed by atoms with Gasteiger partial charge in [0.05, 0.1) is 12.6 Å². The quantitative estimate of drug-likeness (QED) is 0.520. The highest BCUT2D eigenvalue weighted by Crippen LogP contribution is 2.26. The molecule has 0 unspecified atom stereocenters. The molecule has 0 aliphatic heterocycles. The van der Waals surface area contributed by atoms with E-state index in [1.807, 2.05) is 61.5 Å². The first-order valence-corrected chi connectivity index (χ1v) is 8.89. The standard InChI is InChI=1S/C22H20N2O3/c1-3-24(14-15-7-5-4-6-8-15)22(25)20-13-17-11-16-12-18(26-2)9-10-19(16)23-21(17)27-20/h4-13H,3,14H2,1-2H3. The number of pyridine rings is 1. The van der Waals surface area contributed by atoms with Gasteiger partial charge in [0.1, 0.15) is 5.75 Å². The fourth-order valence-corrected chi connectivity index (χ4v) is 3.13. The number of rotatable bonds is 5. The van der Waals surface area contributed by atoms with Crippen LogP contribution in [0, 0.1) is 0 Å². The number of hydrogen-bond acceptors (Lipinski definition) is 4. The summed E-state index contributed by atoms with van der Waals surface area (Å²) < 4.78 is 11.0. The number of aromatic nitrogens is 1. The maximum Gasteiger partial charge on any atom is 0.289 e. The summed E-state index contributed by atoms with van der Waals surface area (Å²) in [5.41, 5.74) is 2.35. The molecule has 4 rings (SSSR count). The highest BCUT2D eigenvalue weighted by atomic mass is 16.5. The van der Waals surface area contributed by atoms with Crippen molar-refractivity contribution in [2.24, 2.45) is 0 Å². The van der Waals surface area contributed by atoms with Crippen molar-refractivity contribution in [3.8, 4) is 5.75 Å². The van der Waals surface area contributed by atoms with Crippen molar-refractivity contribution < 1.29 is 13.9 Å². The number of nitrogens with zero attached hydrogens (tertiary/aromatic N) is 2. The molecule has 1 amide bonds. The number of carbonyl (C=O) groups excluding carboxylic acids is 1. The lowest BCUT2D eigenvalue weighted by atomic mass is 10.1. The van der Waals surface area contributed by atoms with E-state index in [1.54, 1.807) is 18.1 Å². The van der Waals surface area contributed by atoms with E-state index in [-0.39, 0.29) is 5.91 Å². The highest BCUT2D eigenvalue weighted by Gasteiger charge is 2.20. The van der Waals surface area contributed by atoms with Crippen molar-refractivity contribution >= 4 is 27.9 Å². The lowest BCUT2D eigenvalue weighted by molar-refractivity contribution is 0.0722. The molecule has 5 nitrogen and oxygen atoms in total. The van der Waals surface area contributed by atoms with Gasteiger partial charge in [-0.15, -0.1) is 0 Å². The zero-order chi connectivity index (χ0) is 18.8. The number of ether oxygens (including phenoxy) is 1. The van der Waals surface area contributed by atoms with Gasteiger partial charge in [0.15, 0.2) is 5.76 Å². The van der Waals surface area contributed by atoms with Crippen LogP contribution in [-0.2, 0) is 6.54 Å².